The maximum absolute atomic E-state index is 12.8. The first-order valence-corrected chi connectivity index (χ1v) is 7.24. The minimum Gasteiger partial charge on any atom is -0.494 e. The van der Waals surface area contributed by atoms with Gasteiger partial charge in [-0.2, -0.15) is 0 Å². The van der Waals surface area contributed by atoms with E-state index in [1.807, 2.05) is 31.2 Å². The van der Waals surface area contributed by atoms with Crippen molar-refractivity contribution in [1.82, 2.24) is 0 Å². The van der Waals surface area contributed by atoms with Crippen LogP contribution < -0.4 is 4.74 Å². The zero-order valence-corrected chi connectivity index (χ0v) is 12.5. The molecular formula is C18H19FO3. The number of rotatable bonds is 7. The van der Waals surface area contributed by atoms with Gasteiger partial charge in [-0.3, -0.25) is 4.79 Å². The van der Waals surface area contributed by atoms with Crippen LogP contribution in [0.3, 0.4) is 0 Å². The lowest BCUT2D eigenvalue weighted by molar-refractivity contribution is -0.139. The molecule has 0 amide bonds. The standard InChI is InChI=1S/C18H19FO3/c1-13-4-6-14(7-5-13)17(18(20)21)3-2-12-22-16-10-8-15(19)9-11-16/h4-11,17H,2-3,12H2,1H3,(H,20,21). The number of aryl methyl sites for hydroxylation is 1. The molecule has 1 unspecified atom stereocenters. The van der Waals surface area contributed by atoms with Crippen molar-refractivity contribution in [1.29, 1.82) is 0 Å². The molecule has 1 N–H and O–H groups in total. The fraction of sp³-hybridized carbons (Fsp3) is 0.278. The van der Waals surface area contributed by atoms with Crippen LogP contribution in [0.15, 0.2) is 48.5 Å². The summed E-state index contributed by atoms with van der Waals surface area (Å²) >= 11 is 0. The summed E-state index contributed by atoms with van der Waals surface area (Å²) in [6, 6.07) is 13.3. The first kappa shape index (κ1) is 16.0. The van der Waals surface area contributed by atoms with Gasteiger partial charge in [0, 0.05) is 0 Å². The third kappa shape index (κ3) is 4.58. The topological polar surface area (TPSA) is 46.5 Å². The highest BCUT2D eigenvalue weighted by molar-refractivity contribution is 5.76. The molecule has 2 rings (SSSR count). The van der Waals surface area contributed by atoms with Crippen LogP contribution in [0.2, 0.25) is 0 Å². The van der Waals surface area contributed by atoms with Crippen LogP contribution in [-0.2, 0) is 4.79 Å². The van der Waals surface area contributed by atoms with Gasteiger partial charge in [0.2, 0.25) is 0 Å². The number of halogens is 1. The van der Waals surface area contributed by atoms with Crippen LogP contribution in [0.1, 0.15) is 29.9 Å². The number of hydrogen-bond donors (Lipinski definition) is 1. The third-order valence-electron chi connectivity index (χ3n) is 3.50. The number of benzene rings is 2. The normalized spacial score (nSPS) is 11.9. The number of hydrogen-bond acceptors (Lipinski definition) is 2. The number of ether oxygens (including phenoxy) is 1. The molecule has 3 nitrogen and oxygen atoms in total. The molecule has 0 aliphatic carbocycles. The molecule has 0 radical (unpaired) electrons. The molecule has 22 heavy (non-hydrogen) atoms. The van der Waals surface area contributed by atoms with E-state index in [-0.39, 0.29) is 5.82 Å². The van der Waals surface area contributed by atoms with E-state index in [2.05, 4.69) is 0 Å². The quantitative estimate of drug-likeness (QED) is 0.781. The average Bonchev–Trinajstić information content (AvgIpc) is 2.50. The van der Waals surface area contributed by atoms with E-state index in [0.717, 1.165) is 11.1 Å². The monoisotopic (exact) mass is 302 g/mol. The molecule has 0 saturated carbocycles. The van der Waals surface area contributed by atoms with E-state index < -0.39 is 11.9 Å². The highest BCUT2D eigenvalue weighted by Crippen LogP contribution is 2.22. The van der Waals surface area contributed by atoms with Gasteiger partial charge in [0.05, 0.1) is 12.5 Å². The summed E-state index contributed by atoms with van der Waals surface area (Å²) in [5, 5.41) is 9.36. The second-order valence-electron chi connectivity index (χ2n) is 5.25. The SMILES string of the molecule is Cc1ccc(C(CCCOc2ccc(F)cc2)C(=O)O)cc1. The Bertz CT molecular complexity index is 605. The van der Waals surface area contributed by atoms with Gasteiger partial charge in [0.25, 0.3) is 0 Å². The van der Waals surface area contributed by atoms with Crippen molar-refractivity contribution in [2.45, 2.75) is 25.7 Å². The summed E-state index contributed by atoms with van der Waals surface area (Å²) in [7, 11) is 0. The van der Waals surface area contributed by atoms with Crippen LogP contribution in [0.25, 0.3) is 0 Å². The van der Waals surface area contributed by atoms with Gasteiger partial charge in [-0.1, -0.05) is 29.8 Å². The molecule has 2 aromatic carbocycles. The summed E-state index contributed by atoms with van der Waals surface area (Å²) in [5.74, 6) is -1.08. The second kappa shape index (κ2) is 7.59. The molecule has 0 aromatic heterocycles. The molecule has 4 heteroatoms. The van der Waals surface area contributed by atoms with Gasteiger partial charge >= 0.3 is 5.97 Å². The Morgan fingerprint density at radius 3 is 2.36 bits per heavy atom. The summed E-state index contributed by atoms with van der Waals surface area (Å²) in [4.78, 5) is 11.4. The fourth-order valence-electron chi connectivity index (χ4n) is 2.24. The summed E-state index contributed by atoms with van der Waals surface area (Å²) in [6.07, 6.45) is 1.11. The zero-order chi connectivity index (χ0) is 15.9. The lowest BCUT2D eigenvalue weighted by atomic mass is 9.94. The average molecular weight is 302 g/mol. The summed E-state index contributed by atoms with van der Waals surface area (Å²) < 4.78 is 18.3. The van der Waals surface area contributed by atoms with E-state index >= 15 is 0 Å². The highest BCUT2D eigenvalue weighted by atomic mass is 19.1. The predicted molar refractivity (Wildman–Crippen MR) is 82.7 cm³/mol. The molecule has 0 aliphatic rings. The van der Waals surface area contributed by atoms with Crippen LogP contribution in [-0.4, -0.2) is 17.7 Å². The molecule has 0 bridgehead atoms. The molecular weight excluding hydrogens is 283 g/mol. The molecule has 1 atom stereocenters. The predicted octanol–water partition coefficient (Wildman–Crippen LogP) is 4.16. The van der Waals surface area contributed by atoms with E-state index in [1.54, 1.807) is 12.1 Å². The molecule has 0 spiro atoms. The Hall–Kier alpha value is -2.36. The lowest BCUT2D eigenvalue weighted by Crippen LogP contribution is -2.13. The van der Waals surface area contributed by atoms with Crippen LogP contribution in [0.4, 0.5) is 4.39 Å². The Kier molecular flexibility index (Phi) is 5.53. The lowest BCUT2D eigenvalue weighted by Gasteiger charge is -2.13. The van der Waals surface area contributed by atoms with Gasteiger partial charge < -0.3 is 9.84 Å². The Balaban J connectivity index is 1.86. The van der Waals surface area contributed by atoms with Crippen molar-refractivity contribution in [3.05, 3.63) is 65.5 Å². The number of carboxylic acid groups (broad SMARTS) is 1. The molecule has 0 heterocycles. The zero-order valence-electron chi connectivity index (χ0n) is 12.5. The second-order valence-corrected chi connectivity index (χ2v) is 5.25. The van der Waals surface area contributed by atoms with E-state index in [1.165, 1.54) is 12.1 Å². The van der Waals surface area contributed by atoms with Gasteiger partial charge in [-0.05, 0) is 49.6 Å². The number of carbonyl (C=O) groups is 1. The largest absolute Gasteiger partial charge is 0.494 e. The van der Waals surface area contributed by atoms with Crippen LogP contribution in [0, 0.1) is 12.7 Å². The fourth-order valence-corrected chi connectivity index (χ4v) is 2.24. The smallest absolute Gasteiger partial charge is 0.310 e. The van der Waals surface area contributed by atoms with Gasteiger partial charge in [0.1, 0.15) is 11.6 Å². The first-order chi connectivity index (χ1) is 10.6. The molecule has 2 aromatic rings. The van der Waals surface area contributed by atoms with Gasteiger partial charge in [-0.15, -0.1) is 0 Å². The van der Waals surface area contributed by atoms with E-state index in [4.69, 9.17) is 4.74 Å². The molecule has 0 fully saturated rings. The first-order valence-electron chi connectivity index (χ1n) is 7.24. The van der Waals surface area contributed by atoms with Crippen molar-refractivity contribution in [2.75, 3.05) is 6.61 Å². The van der Waals surface area contributed by atoms with Crippen molar-refractivity contribution in [2.24, 2.45) is 0 Å². The van der Waals surface area contributed by atoms with Gasteiger partial charge in [-0.25, -0.2) is 4.39 Å². The van der Waals surface area contributed by atoms with Crippen LogP contribution in [0.5, 0.6) is 5.75 Å². The molecule has 0 saturated heterocycles. The Morgan fingerprint density at radius 2 is 1.77 bits per heavy atom. The maximum atomic E-state index is 12.8. The van der Waals surface area contributed by atoms with Gasteiger partial charge in [0.15, 0.2) is 0 Å². The summed E-state index contributed by atoms with van der Waals surface area (Å²) in [6.45, 7) is 2.37. The third-order valence-corrected chi connectivity index (χ3v) is 3.50. The highest BCUT2D eigenvalue weighted by Gasteiger charge is 2.19. The number of carboxylic acids is 1. The molecule has 116 valence electrons. The van der Waals surface area contributed by atoms with E-state index in [9.17, 15) is 14.3 Å². The Labute approximate surface area is 129 Å². The summed E-state index contributed by atoms with van der Waals surface area (Å²) in [5.41, 5.74) is 1.91. The van der Waals surface area contributed by atoms with E-state index in [0.29, 0.717) is 25.2 Å². The van der Waals surface area contributed by atoms with Crippen molar-refractivity contribution in [3.63, 3.8) is 0 Å². The Morgan fingerprint density at radius 1 is 1.14 bits per heavy atom. The van der Waals surface area contributed by atoms with Crippen molar-refractivity contribution >= 4 is 5.97 Å². The minimum atomic E-state index is -0.828. The van der Waals surface area contributed by atoms with Crippen molar-refractivity contribution in [3.8, 4) is 5.75 Å². The minimum absolute atomic E-state index is 0.308. The van der Waals surface area contributed by atoms with Crippen LogP contribution >= 0.6 is 0 Å². The maximum Gasteiger partial charge on any atom is 0.310 e. The molecule has 0 aliphatic heterocycles. The number of aliphatic carboxylic acids is 1. The van der Waals surface area contributed by atoms with Crippen molar-refractivity contribution < 1.29 is 19.0 Å².